The van der Waals surface area contributed by atoms with Crippen LogP contribution in [0.1, 0.15) is 19.8 Å². The minimum atomic E-state index is -3.35. The Bertz CT molecular complexity index is 607. The molecule has 122 valence electrons. The quantitative estimate of drug-likeness (QED) is 0.858. The van der Waals surface area contributed by atoms with Crippen molar-refractivity contribution in [1.29, 1.82) is 0 Å². The molecule has 1 saturated heterocycles. The Morgan fingerprint density at radius 1 is 1.41 bits per heavy atom. The van der Waals surface area contributed by atoms with Crippen LogP contribution >= 0.6 is 11.8 Å². The maximum Gasteiger partial charge on any atom is 0.237 e. The highest BCUT2D eigenvalue weighted by atomic mass is 32.2. The third-order valence-corrected chi connectivity index (χ3v) is 6.36. The van der Waals surface area contributed by atoms with Gasteiger partial charge in [0.15, 0.2) is 9.84 Å². The lowest BCUT2D eigenvalue weighted by Gasteiger charge is -2.12. The number of carbonyl (C=O) groups is 1. The summed E-state index contributed by atoms with van der Waals surface area (Å²) in [5, 5.41) is 2.62. The second kappa shape index (κ2) is 7.48. The lowest BCUT2D eigenvalue weighted by atomic mass is 10.3. The predicted molar refractivity (Wildman–Crippen MR) is 89.1 cm³/mol. The van der Waals surface area contributed by atoms with Crippen LogP contribution in [0.5, 0.6) is 0 Å². The van der Waals surface area contributed by atoms with Crippen LogP contribution in [0.2, 0.25) is 0 Å². The normalized spacial score (nSPS) is 19.8. The van der Waals surface area contributed by atoms with Crippen molar-refractivity contribution in [1.82, 2.24) is 0 Å². The van der Waals surface area contributed by atoms with Gasteiger partial charge in [0.1, 0.15) is 0 Å². The number of thioether (sulfide) groups is 1. The second-order valence-electron chi connectivity index (χ2n) is 5.31. The number of hydrogen-bond acceptors (Lipinski definition) is 5. The number of carbonyl (C=O) groups excluding carboxylic acids is 1. The monoisotopic (exact) mass is 343 g/mol. The average Bonchev–Trinajstić information content (AvgIpc) is 2.99. The summed E-state index contributed by atoms with van der Waals surface area (Å²) in [6, 6.07) is 6.30. The molecule has 1 aromatic carbocycles. The van der Waals surface area contributed by atoms with E-state index in [-0.39, 0.29) is 27.9 Å². The maximum atomic E-state index is 12.3. The minimum absolute atomic E-state index is 0.0161. The molecule has 1 aliphatic heterocycles. The molecular weight excluding hydrogens is 322 g/mol. The topological polar surface area (TPSA) is 72.5 Å². The van der Waals surface area contributed by atoms with Gasteiger partial charge in [-0.05, 0) is 50.3 Å². The Kier molecular flexibility index (Phi) is 5.88. The van der Waals surface area contributed by atoms with Crippen LogP contribution in [0.25, 0.3) is 0 Å². The summed E-state index contributed by atoms with van der Waals surface area (Å²) < 4.78 is 30.0. The van der Waals surface area contributed by atoms with Crippen molar-refractivity contribution >= 4 is 33.2 Å². The van der Waals surface area contributed by atoms with Crippen molar-refractivity contribution in [2.24, 2.45) is 0 Å². The van der Waals surface area contributed by atoms with Crippen molar-refractivity contribution in [2.45, 2.75) is 36.0 Å². The molecule has 1 aromatic rings. The maximum absolute atomic E-state index is 12.3. The molecule has 22 heavy (non-hydrogen) atoms. The molecule has 0 spiro atoms. The predicted octanol–water partition coefficient (Wildman–Crippen LogP) is 2.33. The molecule has 1 N–H and O–H groups in total. The van der Waals surface area contributed by atoms with Crippen molar-refractivity contribution in [3.63, 3.8) is 0 Å². The van der Waals surface area contributed by atoms with Crippen LogP contribution in [0.15, 0.2) is 29.2 Å². The molecular formula is C15H21NO4S2. The Hall–Kier alpha value is -1.05. The van der Waals surface area contributed by atoms with Crippen molar-refractivity contribution in [3.8, 4) is 0 Å². The van der Waals surface area contributed by atoms with Gasteiger partial charge in [-0.2, -0.15) is 11.8 Å². The molecule has 1 fully saturated rings. The zero-order valence-electron chi connectivity index (χ0n) is 12.7. The Labute approximate surface area is 135 Å². The number of anilines is 1. The smallest absolute Gasteiger partial charge is 0.237 e. The SMILES string of the molecule is CS[C@H](C)C(=O)Nc1ccc(S(=O)(=O)C[C@H]2CCCO2)cc1. The average molecular weight is 343 g/mol. The minimum Gasteiger partial charge on any atom is -0.377 e. The van der Waals surface area contributed by atoms with Crippen molar-refractivity contribution in [3.05, 3.63) is 24.3 Å². The van der Waals surface area contributed by atoms with E-state index >= 15 is 0 Å². The van der Waals surface area contributed by atoms with Gasteiger partial charge in [-0.1, -0.05) is 0 Å². The number of hydrogen-bond donors (Lipinski definition) is 1. The first-order valence-corrected chi connectivity index (χ1v) is 10.1. The third kappa shape index (κ3) is 4.47. The second-order valence-corrected chi connectivity index (χ2v) is 8.52. The van der Waals surface area contributed by atoms with Crippen LogP contribution in [-0.2, 0) is 19.4 Å². The summed E-state index contributed by atoms with van der Waals surface area (Å²) in [6.07, 6.45) is 3.37. The van der Waals surface area contributed by atoms with Gasteiger partial charge in [0.05, 0.1) is 22.0 Å². The summed E-state index contributed by atoms with van der Waals surface area (Å²) >= 11 is 1.46. The molecule has 0 aromatic heterocycles. The van der Waals surface area contributed by atoms with Gasteiger partial charge in [-0.15, -0.1) is 0 Å². The van der Waals surface area contributed by atoms with E-state index in [0.29, 0.717) is 12.3 Å². The Morgan fingerprint density at radius 2 is 2.09 bits per heavy atom. The number of rotatable bonds is 6. The molecule has 0 unspecified atom stereocenters. The first kappa shape index (κ1) is 17.3. The van der Waals surface area contributed by atoms with E-state index in [9.17, 15) is 13.2 Å². The Morgan fingerprint density at radius 3 is 2.64 bits per heavy atom. The van der Waals surface area contributed by atoms with Gasteiger partial charge in [0.2, 0.25) is 5.91 Å². The van der Waals surface area contributed by atoms with Gasteiger partial charge >= 0.3 is 0 Å². The van der Waals surface area contributed by atoms with E-state index in [1.807, 2.05) is 13.2 Å². The summed E-state index contributed by atoms with van der Waals surface area (Å²) in [6.45, 7) is 2.46. The van der Waals surface area contributed by atoms with E-state index in [1.54, 1.807) is 12.1 Å². The lowest BCUT2D eigenvalue weighted by molar-refractivity contribution is -0.115. The van der Waals surface area contributed by atoms with Crippen molar-refractivity contribution in [2.75, 3.05) is 23.9 Å². The molecule has 2 rings (SSSR count). The largest absolute Gasteiger partial charge is 0.377 e. The number of nitrogens with one attached hydrogen (secondary N) is 1. The fourth-order valence-corrected chi connectivity index (χ4v) is 3.98. The van der Waals surface area contributed by atoms with E-state index in [4.69, 9.17) is 4.74 Å². The molecule has 0 saturated carbocycles. The molecule has 2 atom stereocenters. The van der Waals surface area contributed by atoms with Crippen LogP contribution in [0.4, 0.5) is 5.69 Å². The summed E-state index contributed by atoms with van der Waals surface area (Å²) in [4.78, 5) is 12.1. The van der Waals surface area contributed by atoms with Gasteiger partial charge < -0.3 is 10.1 Å². The first-order chi connectivity index (χ1) is 10.4. The highest BCUT2D eigenvalue weighted by molar-refractivity contribution is 7.99. The molecule has 1 aliphatic rings. The van der Waals surface area contributed by atoms with Gasteiger partial charge in [-0.3, -0.25) is 4.79 Å². The van der Waals surface area contributed by atoms with Crippen molar-refractivity contribution < 1.29 is 17.9 Å². The van der Waals surface area contributed by atoms with Gasteiger partial charge in [0.25, 0.3) is 0 Å². The zero-order valence-corrected chi connectivity index (χ0v) is 14.4. The molecule has 1 amide bonds. The molecule has 7 heteroatoms. The van der Waals surface area contributed by atoms with E-state index < -0.39 is 9.84 Å². The lowest BCUT2D eigenvalue weighted by Crippen LogP contribution is -2.22. The fraction of sp³-hybridized carbons (Fsp3) is 0.533. The van der Waals surface area contributed by atoms with E-state index in [0.717, 1.165) is 12.8 Å². The number of sulfone groups is 1. The Balaban J connectivity index is 2.03. The van der Waals surface area contributed by atoms with Gasteiger partial charge in [0, 0.05) is 12.3 Å². The first-order valence-electron chi connectivity index (χ1n) is 7.20. The van der Waals surface area contributed by atoms with Crippen LogP contribution < -0.4 is 5.32 Å². The third-order valence-electron chi connectivity index (χ3n) is 3.63. The zero-order chi connectivity index (χ0) is 16.2. The van der Waals surface area contributed by atoms with E-state index in [2.05, 4.69) is 5.32 Å². The summed E-state index contributed by atoms with van der Waals surface area (Å²) in [5.41, 5.74) is 0.599. The summed E-state index contributed by atoms with van der Waals surface area (Å²) in [7, 11) is -3.35. The summed E-state index contributed by atoms with van der Waals surface area (Å²) in [5.74, 6) is -0.0789. The molecule has 0 bridgehead atoms. The van der Waals surface area contributed by atoms with Crippen LogP contribution in [0.3, 0.4) is 0 Å². The molecule has 0 aliphatic carbocycles. The highest BCUT2D eigenvalue weighted by Gasteiger charge is 2.24. The van der Waals surface area contributed by atoms with Crippen LogP contribution in [-0.4, -0.2) is 44.3 Å². The highest BCUT2D eigenvalue weighted by Crippen LogP contribution is 2.21. The standard InChI is InChI=1S/C15H21NO4S2/c1-11(21-2)15(17)16-12-5-7-14(8-6-12)22(18,19)10-13-4-3-9-20-13/h5-8,11,13H,3-4,9-10H2,1-2H3,(H,16,17)/t11-,13-/m1/s1. The number of ether oxygens (including phenoxy) is 1. The fourth-order valence-electron chi connectivity index (χ4n) is 2.21. The van der Waals surface area contributed by atoms with E-state index in [1.165, 1.54) is 23.9 Å². The molecule has 5 nitrogen and oxygen atoms in total. The van der Waals surface area contributed by atoms with Crippen LogP contribution in [0, 0.1) is 0 Å². The number of amides is 1. The van der Waals surface area contributed by atoms with Gasteiger partial charge in [-0.25, -0.2) is 8.42 Å². The molecule has 1 heterocycles. The molecule has 0 radical (unpaired) electrons. The number of benzene rings is 1.